The van der Waals surface area contributed by atoms with E-state index in [1.54, 1.807) is 5.38 Å². The van der Waals surface area contributed by atoms with Crippen LogP contribution in [-0.2, 0) is 27.2 Å². The van der Waals surface area contributed by atoms with Crippen molar-refractivity contribution in [3.8, 4) is 0 Å². The normalized spacial score (nSPS) is 15.9. The van der Waals surface area contributed by atoms with Gasteiger partial charge in [-0.1, -0.05) is 51.1 Å². The molecule has 2 aromatic rings. The molecule has 0 bridgehead atoms. The number of nitrogens with one attached hydrogen (secondary N) is 1. The second-order valence-corrected chi connectivity index (χ2v) is 12.2. The fourth-order valence-electron chi connectivity index (χ4n) is 4.68. The Labute approximate surface area is 228 Å². The third-order valence-corrected chi connectivity index (χ3v) is 9.13. The minimum Gasteiger partial charge on any atom is -0.469 e. The van der Waals surface area contributed by atoms with Gasteiger partial charge in [-0.15, -0.1) is 11.3 Å². The van der Waals surface area contributed by atoms with Gasteiger partial charge in [-0.2, -0.15) is 11.8 Å². The second-order valence-electron chi connectivity index (χ2n) is 10.2. The first kappa shape index (κ1) is 29.2. The number of thiazole rings is 1. The number of esters is 1. The van der Waals surface area contributed by atoms with E-state index in [4.69, 9.17) is 4.74 Å². The van der Waals surface area contributed by atoms with Crippen LogP contribution in [0, 0.1) is 17.8 Å². The van der Waals surface area contributed by atoms with Gasteiger partial charge in [-0.3, -0.25) is 14.4 Å². The van der Waals surface area contributed by atoms with Crippen LogP contribution in [0.3, 0.4) is 0 Å². The lowest BCUT2D eigenvalue weighted by Gasteiger charge is -2.36. The van der Waals surface area contributed by atoms with Crippen molar-refractivity contribution in [3.05, 3.63) is 52.0 Å². The van der Waals surface area contributed by atoms with Crippen molar-refractivity contribution in [1.29, 1.82) is 0 Å². The number of hydrogen-bond acceptors (Lipinski definition) is 7. The van der Waals surface area contributed by atoms with E-state index in [1.807, 2.05) is 61.0 Å². The predicted molar refractivity (Wildman–Crippen MR) is 150 cm³/mol. The molecule has 2 heterocycles. The fourth-order valence-corrected chi connectivity index (χ4v) is 6.23. The zero-order valence-electron chi connectivity index (χ0n) is 22.4. The summed E-state index contributed by atoms with van der Waals surface area (Å²) in [7, 11) is 3.29. The number of thioether (sulfide) groups is 1. The molecule has 1 N–H and O–H groups in total. The summed E-state index contributed by atoms with van der Waals surface area (Å²) in [6, 6.07) is 9.81. The molecule has 1 aromatic heterocycles. The summed E-state index contributed by atoms with van der Waals surface area (Å²) in [5.41, 5.74) is 1.48. The van der Waals surface area contributed by atoms with Crippen LogP contribution < -0.4 is 5.32 Å². The first-order valence-corrected chi connectivity index (χ1v) is 14.9. The molecule has 1 aliphatic rings. The van der Waals surface area contributed by atoms with Gasteiger partial charge >= 0.3 is 5.97 Å². The average molecular weight is 546 g/mol. The second kappa shape index (κ2) is 14.0. The molecular weight excluding hydrogens is 506 g/mol. The van der Waals surface area contributed by atoms with E-state index in [0.29, 0.717) is 30.9 Å². The van der Waals surface area contributed by atoms with Crippen LogP contribution in [0.4, 0.5) is 0 Å². The quantitative estimate of drug-likeness (QED) is 0.374. The first-order valence-electron chi connectivity index (χ1n) is 12.9. The van der Waals surface area contributed by atoms with Crippen LogP contribution in [-0.4, -0.2) is 65.4 Å². The van der Waals surface area contributed by atoms with Crippen molar-refractivity contribution in [1.82, 2.24) is 15.2 Å². The number of ether oxygens (including phenoxy) is 1. The van der Waals surface area contributed by atoms with E-state index in [0.717, 1.165) is 28.5 Å². The van der Waals surface area contributed by atoms with Crippen LogP contribution in [0.2, 0.25) is 0 Å². The molecule has 1 unspecified atom stereocenters. The summed E-state index contributed by atoms with van der Waals surface area (Å²) in [5.74, 6) is 1.69. The SMILES string of the molecule is COC(=O)[C@@H](C)C[C@H](Cc1ccccc1)NC(=O)c1csc(CCC(C(C)C)N(C)C(=O)C2CSC2)n1. The van der Waals surface area contributed by atoms with Crippen LogP contribution in [0.15, 0.2) is 35.7 Å². The fraction of sp³-hybridized carbons (Fsp3) is 0.571. The minimum atomic E-state index is -0.337. The van der Waals surface area contributed by atoms with E-state index in [-0.39, 0.29) is 41.7 Å². The number of carbonyl (C=O) groups is 3. The third-order valence-electron chi connectivity index (χ3n) is 6.94. The Hall–Kier alpha value is -2.39. The third kappa shape index (κ3) is 8.30. The number of aryl methyl sites for hydroxylation is 1. The number of benzene rings is 1. The molecule has 0 radical (unpaired) electrons. The smallest absolute Gasteiger partial charge is 0.308 e. The lowest BCUT2D eigenvalue weighted by atomic mass is 9.96. The van der Waals surface area contributed by atoms with Crippen molar-refractivity contribution in [2.75, 3.05) is 25.7 Å². The summed E-state index contributed by atoms with van der Waals surface area (Å²) in [6.07, 6.45) is 2.60. The molecule has 3 rings (SSSR count). The van der Waals surface area contributed by atoms with E-state index >= 15 is 0 Å². The lowest BCUT2D eigenvalue weighted by molar-refractivity contribution is -0.145. The summed E-state index contributed by atoms with van der Waals surface area (Å²) >= 11 is 3.29. The van der Waals surface area contributed by atoms with E-state index in [2.05, 4.69) is 24.1 Å². The molecule has 37 heavy (non-hydrogen) atoms. The summed E-state index contributed by atoms with van der Waals surface area (Å²) < 4.78 is 4.89. The molecule has 2 amide bonds. The van der Waals surface area contributed by atoms with Crippen LogP contribution >= 0.6 is 23.1 Å². The zero-order valence-corrected chi connectivity index (χ0v) is 24.1. The maximum Gasteiger partial charge on any atom is 0.308 e. The maximum atomic E-state index is 13.1. The number of aromatic nitrogens is 1. The Morgan fingerprint density at radius 3 is 2.46 bits per heavy atom. The monoisotopic (exact) mass is 545 g/mol. The van der Waals surface area contributed by atoms with E-state index in [1.165, 1.54) is 18.4 Å². The highest BCUT2D eigenvalue weighted by Gasteiger charge is 2.32. The van der Waals surface area contributed by atoms with Gasteiger partial charge in [0.15, 0.2) is 0 Å². The summed E-state index contributed by atoms with van der Waals surface area (Å²) in [5, 5.41) is 5.77. The van der Waals surface area contributed by atoms with Crippen LogP contribution in [0.1, 0.15) is 54.7 Å². The Balaban J connectivity index is 1.61. The highest BCUT2D eigenvalue weighted by molar-refractivity contribution is 8.00. The lowest BCUT2D eigenvalue weighted by Crippen LogP contribution is -2.46. The summed E-state index contributed by atoms with van der Waals surface area (Å²) in [4.78, 5) is 44.4. The van der Waals surface area contributed by atoms with E-state index in [9.17, 15) is 14.4 Å². The Morgan fingerprint density at radius 1 is 1.16 bits per heavy atom. The van der Waals surface area contributed by atoms with E-state index < -0.39 is 0 Å². The van der Waals surface area contributed by atoms with Gasteiger partial charge in [0.25, 0.3) is 5.91 Å². The number of nitrogens with zero attached hydrogens (tertiary/aromatic N) is 2. The zero-order chi connectivity index (χ0) is 26.9. The van der Waals surface area contributed by atoms with Gasteiger partial charge < -0.3 is 15.0 Å². The largest absolute Gasteiger partial charge is 0.469 e. The predicted octanol–water partition coefficient (Wildman–Crippen LogP) is 4.46. The van der Waals surface area contributed by atoms with Crippen molar-refractivity contribution in [2.24, 2.45) is 17.8 Å². The molecule has 1 fully saturated rings. The molecule has 7 nitrogen and oxygen atoms in total. The highest BCUT2D eigenvalue weighted by atomic mass is 32.2. The summed E-state index contributed by atoms with van der Waals surface area (Å²) in [6.45, 7) is 6.10. The van der Waals surface area contributed by atoms with Crippen molar-refractivity contribution in [3.63, 3.8) is 0 Å². The van der Waals surface area contributed by atoms with Crippen LogP contribution in [0.25, 0.3) is 0 Å². The van der Waals surface area contributed by atoms with Crippen molar-refractivity contribution < 1.29 is 19.1 Å². The number of amides is 2. The first-order chi connectivity index (χ1) is 17.7. The maximum absolute atomic E-state index is 13.1. The number of hydrogen-bond donors (Lipinski definition) is 1. The molecule has 202 valence electrons. The Kier molecular flexibility index (Phi) is 11.0. The number of carbonyl (C=O) groups excluding carboxylic acids is 3. The molecule has 3 atom stereocenters. The van der Waals surface area contributed by atoms with Gasteiger partial charge in [0.1, 0.15) is 5.69 Å². The molecule has 0 aliphatic carbocycles. The molecule has 1 aliphatic heterocycles. The highest BCUT2D eigenvalue weighted by Crippen LogP contribution is 2.28. The number of methoxy groups -OCH3 is 1. The van der Waals surface area contributed by atoms with Gasteiger partial charge in [0, 0.05) is 42.4 Å². The minimum absolute atomic E-state index is 0.134. The van der Waals surface area contributed by atoms with Crippen molar-refractivity contribution >= 4 is 40.9 Å². The van der Waals surface area contributed by atoms with Gasteiger partial charge in [-0.05, 0) is 30.7 Å². The molecule has 0 spiro atoms. The Morgan fingerprint density at radius 2 is 1.86 bits per heavy atom. The number of rotatable bonds is 13. The average Bonchev–Trinajstić information content (AvgIpc) is 3.32. The van der Waals surface area contributed by atoms with Gasteiger partial charge in [0.05, 0.1) is 24.0 Å². The van der Waals surface area contributed by atoms with Crippen LogP contribution in [0.5, 0.6) is 0 Å². The molecule has 0 saturated carbocycles. The van der Waals surface area contributed by atoms with Gasteiger partial charge in [0.2, 0.25) is 5.91 Å². The molecule has 9 heteroatoms. The topological polar surface area (TPSA) is 88.6 Å². The molecule has 1 saturated heterocycles. The van der Waals surface area contributed by atoms with Crippen molar-refractivity contribution in [2.45, 2.75) is 58.5 Å². The van der Waals surface area contributed by atoms with Gasteiger partial charge in [-0.25, -0.2) is 4.98 Å². The Bertz CT molecular complexity index is 1040. The molecular formula is C28H39N3O4S2. The standard InChI is InChI=1S/C28H39N3O4S2/c1-18(2)24(31(4)27(33)21-15-36-16-21)11-12-25-30-23(17-37-25)26(32)29-22(13-19(3)28(34)35-5)14-20-9-7-6-8-10-20/h6-10,17-19,21-22,24H,11-16H2,1-5H3,(H,29,32)/t19-,22+,24?/m0/s1. The molecule has 1 aromatic carbocycles.